The van der Waals surface area contributed by atoms with Crippen molar-refractivity contribution < 1.29 is 14.2 Å². The molecule has 9 aliphatic rings. The Kier molecular flexibility index (Phi) is 2.60. The van der Waals surface area contributed by atoms with E-state index in [9.17, 15) is 0 Å². The summed E-state index contributed by atoms with van der Waals surface area (Å²) in [5.74, 6) is 0.491. The maximum atomic E-state index is 6.25. The smallest absolute Gasteiger partial charge is 0.102 e. The minimum absolute atomic E-state index is 0.114. The molecule has 6 aliphatic heterocycles. The Labute approximate surface area is 202 Å². The summed E-state index contributed by atoms with van der Waals surface area (Å²) in [5.41, 5.74) is 17.0. The lowest BCUT2D eigenvalue weighted by Crippen LogP contribution is -2.29. The minimum Gasteiger partial charge on any atom is -0.357 e. The topological polar surface area (TPSA) is 27.7 Å². The summed E-state index contributed by atoms with van der Waals surface area (Å²) in [6.07, 6.45) is 14.0. The zero-order chi connectivity index (χ0) is 22.2. The summed E-state index contributed by atoms with van der Waals surface area (Å²) in [6, 6.07) is 14.9. The molecule has 6 heterocycles. The molecule has 3 heteroatoms. The summed E-state index contributed by atoms with van der Waals surface area (Å²) in [4.78, 5) is 0. The third-order valence-electron chi connectivity index (χ3n) is 9.83. The van der Waals surface area contributed by atoms with Crippen LogP contribution >= 0.6 is 0 Å². The molecule has 0 N–H and O–H groups in total. The number of benzene rings is 3. The quantitative estimate of drug-likeness (QED) is 0.244. The summed E-state index contributed by atoms with van der Waals surface area (Å²) in [7, 11) is 0. The number of fused-ring (bicyclic) bond motifs is 15. The van der Waals surface area contributed by atoms with Crippen LogP contribution in [0.3, 0.4) is 0 Å². The highest BCUT2D eigenvalue weighted by Crippen LogP contribution is 2.62. The Bertz CT molecular complexity index is 1370. The molecule has 3 nitrogen and oxygen atoms in total. The lowest BCUT2D eigenvalue weighted by Gasteiger charge is -2.44. The van der Waals surface area contributed by atoms with Crippen LogP contribution < -0.4 is 0 Å². The van der Waals surface area contributed by atoms with Gasteiger partial charge in [-0.3, -0.25) is 0 Å². The molecule has 35 heavy (non-hydrogen) atoms. The predicted octanol–water partition coefficient (Wildman–Crippen LogP) is 6.72. The highest BCUT2D eigenvalue weighted by Gasteiger charge is 2.48. The van der Waals surface area contributed by atoms with E-state index in [1.165, 1.54) is 66.8 Å². The van der Waals surface area contributed by atoms with Gasteiger partial charge in [0, 0.05) is 11.8 Å². The molecule has 0 radical (unpaired) electrons. The Hall–Kier alpha value is -3.24. The van der Waals surface area contributed by atoms with Crippen molar-refractivity contribution in [2.45, 2.75) is 48.5 Å². The van der Waals surface area contributed by atoms with Gasteiger partial charge in [0.15, 0.2) is 0 Å². The van der Waals surface area contributed by atoms with Crippen LogP contribution in [0.4, 0.5) is 0 Å². The summed E-state index contributed by atoms with van der Waals surface area (Å²) >= 11 is 0. The molecule has 8 bridgehead atoms. The van der Waals surface area contributed by atoms with E-state index in [1.807, 2.05) is 0 Å². The van der Waals surface area contributed by atoms with E-state index < -0.39 is 0 Å². The summed E-state index contributed by atoms with van der Waals surface area (Å²) < 4.78 is 18.7. The fourth-order valence-electron chi connectivity index (χ4n) is 8.40. The zero-order valence-corrected chi connectivity index (χ0v) is 18.8. The molecule has 3 aromatic carbocycles. The third kappa shape index (κ3) is 1.77. The van der Waals surface area contributed by atoms with Gasteiger partial charge < -0.3 is 14.2 Å². The van der Waals surface area contributed by atoms with Crippen LogP contribution in [-0.2, 0) is 14.2 Å². The molecule has 0 aromatic heterocycles. The Balaban J connectivity index is 1.22. The monoisotopic (exact) mass is 452 g/mol. The van der Waals surface area contributed by atoms with Crippen LogP contribution in [0.1, 0.15) is 115 Å². The molecule has 6 unspecified atom stereocenters. The van der Waals surface area contributed by atoms with Crippen LogP contribution in [0.15, 0.2) is 72.9 Å². The Morgan fingerprint density at radius 2 is 0.486 bits per heavy atom. The van der Waals surface area contributed by atoms with Gasteiger partial charge >= 0.3 is 0 Å². The number of hydrogen-bond donors (Lipinski definition) is 0. The van der Waals surface area contributed by atoms with Gasteiger partial charge in [-0.25, -0.2) is 0 Å². The van der Waals surface area contributed by atoms with Crippen LogP contribution in [-0.4, -0.2) is 0 Å². The molecular formula is C32H20O3. The fourth-order valence-corrected chi connectivity index (χ4v) is 8.40. The molecule has 0 fully saturated rings. The van der Waals surface area contributed by atoms with Crippen LogP contribution in [0, 0.1) is 0 Å². The van der Waals surface area contributed by atoms with Gasteiger partial charge in [0.05, 0.1) is 0 Å². The second kappa shape index (κ2) is 5.29. The first-order valence-electron chi connectivity index (χ1n) is 12.8. The second-order valence-corrected chi connectivity index (χ2v) is 11.3. The highest BCUT2D eigenvalue weighted by molar-refractivity contribution is 5.72. The highest BCUT2D eigenvalue weighted by atomic mass is 16.5. The number of hydrogen-bond acceptors (Lipinski definition) is 3. The molecule has 0 amide bonds. The van der Waals surface area contributed by atoms with Gasteiger partial charge in [-0.05, 0) is 66.8 Å². The van der Waals surface area contributed by atoms with Gasteiger partial charge in [0.1, 0.15) is 36.6 Å². The van der Waals surface area contributed by atoms with Crippen molar-refractivity contribution in [3.63, 3.8) is 0 Å². The van der Waals surface area contributed by atoms with E-state index in [0.717, 1.165) is 0 Å². The first-order chi connectivity index (χ1) is 17.3. The predicted molar refractivity (Wildman–Crippen MR) is 128 cm³/mol. The molecular weight excluding hydrogens is 432 g/mol. The first kappa shape index (κ1) is 17.2. The Morgan fingerprint density at radius 1 is 0.286 bits per heavy atom. The molecule has 3 aliphatic carbocycles. The SMILES string of the molecule is C1=CC2OC1c1cc3c(cc12)C1c2cc4c(cc2C3c2cc3c(cc21)C1C=CC3O1)C1C=CC4O1. The maximum absolute atomic E-state index is 6.25. The van der Waals surface area contributed by atoms with E-state index in [-0.39, 0.29) is 48.5 Å². The van der Waals surface area contributed by atoms with E-state index in [0.29, 0.717) is 0 Å². The van der Waals surface area contributed by atoms with E-state index in [4.69, 9.17) is 14.2 Å². The maximum Gasteiger partial charge on any atom is 0.102 e. The average molecular weight is 453 g/mol. The normalized spacial score (nSPS) is 37.0. The number of ether oxygens (including phenoxy) is 3. The van der Waals surface area contributed by atoms with Gasteiger partial charge in [-0.2, -0.15) is 0 Å². The average Bonchev–Trinajstić information content (AvgIpc) is 3.74. The van der Waals surface area contributed by atoms with Gasteiger partial charge in [-0.15, -0.1) is 0 Å². The van der Waals surface area contributed by atoms with Crippen molar-refractivity contribution in [2.24, 2.45) is 0 Å². The fraction of sp³-hybridized carbons (Fsp3) is 0.250. The van der Waals surface area contributed by atoms with Gasteiger partial charge in [0.25, 0.3) is 0 Å². The Morgan fingerprint density at radius 3 is 0.686 bits per heavy atom. The van der Waals surface area contributed by atoms with Crippen molar-refractivity contribution in [1.82, 2.24) is 0 Å². The standard InChI is InChI=1S/C32H20O3/c1-2-26-14-8-20-19(7-13(14)25(1)33-26)31-21-9-15-17(29-5-3-27(15)34-29)11-23(21)32(20)24-12-18-16(10-22(24)31)28-4-6-30(18)35-28/h1-12,25-32H. The second-order valence-electron chi connectivity index (χ2n) is 11.3. The van der Waals surface area contributed by atoms with Crippen LogP contribution in [0.2, 0.25) is 0 Å². The van der Waals surface area contributed by atoms with Crippen LogP contribution in [0.5, 0.6) is 0 Å². The lowest BCUT2D eigenvalue weighted by atomic mass is 9.59. The van der Waals surface area contributed by atoms with Crippen molar-refractivity contribution in [1.29, 1.82) is 0 Å². The largest absolute Gasteiger partial charge is 0.357 e. The van der Waals surface area contributed by atoms with E-state index in [2.05, 4.69) is 72.9 Å². The van der Waals surface area contributed by atoms with Crippen molar-refractivity contribution >= 4 is 0 Å². The lowest BCUT2D eigenvalue weighted by molar-refractivity contribution is 0.0877. The molecule has 6 atom stereocenters. The van der Waals surface area contributed by atoms with Gasteiger partial charge in [0.2, 0.25) is 0 Å². The molecule has 166 valence electrons. The molecule has 3 aromatic rings. The molecule has 0 saturated heterocycles. The van der Waals surface area contributed by atoms with E-state index >= 15 is 0 Å². The molecule has 0 saturated carbocycles. The van der Waals surface area contributed by atoms with Gasteiger partial charge in [-0.1, -0.05) is 72.9 Å². The molecule has 0 spiro atoms. The first-order valence-corrected chi connectivity index (χ1v) is 12.8. The zero-order valence-electron chi connectivity index (χ0n) is 18.8. The third-order valence-corrected chi connectivity index (χ3v) is 9.83. The minimum atomic E-state index is 0.114. The van der Waals surface area contributed by atoms with Crippen LogP contribution in [0.25, 0.3) is 0 Å². The van der Waals surface area contributed by atoms with Crippen molar-refractivity contribution in [3.05, 3.63) is 140 Å². The molecule has 12 rings (SSSR count). The van der Waals surface area contributed by atoms with Crippen molar-refractivity contribution in [3.8, 4) is 0 Å². The van der Waals surface area contributed by atoms with Crippen molar-refractivity contribution in [2.75, 3.05) is 0 Å². The summed E-state index contributed by atoms with van der Waals surface area (Å²) in [6.45, 7) is 0. The number of rotatable bonds is 0. The summed E-state index contributed by atoms with van der Waals surface area (Å²) in [5, 5.41) is 0. The van der Waals surface area contributed by atoms with E-state index in [1.54, 1.807) is 0 Å².